The molecule has 8 nitrogen and oxygen atoms in total. The lowest BCUT2D eigenvalue weighted by Crippen LogP contribution is -2.24. The molecule has 0 spiro atoms. The standard InChI is InChI=1S/C30H29ClN6O2/c1-32-29-25-18-33-27(36-30(38)22-11-12-22)16-24(25)23(17-34-29)10-9-20-5-3-6-21(15-20)19-37(2)13-14-39-28-8-4-7-26(31)35-28/h3-8,15-18,22H,11-14,19H2,1-2H3,(H,32,34)(H,33,36,38). The molecule has 0 unspecified atom stereocenters. The van der Waals surface area contributed by atoms with Gasteiger partial charge in [-0.25, -0.2) is 15.0 Å². The molecule has 0 saturated heterocycles. The molecule has 39 heavy (non-hydrogen) atoms. The summed E-state index contributed by atoms with van der Waals surface area (Å²) in [6.45, 7) is 1.98. The first-order chi connectivity index (χ1) is 19.0. The number of carbonyl (C=O) groups is 1. The second kappa shape index (κ2) is 12.1. The number of pyridine rings is 3. The minimum Gasteiger partial charge on any atom is -0.476 e. The smallest absolute Gasteiger partial charge is 0.228 e. The predicted molar refractivity (Wildman–Crippen MR) is 154 cm³/mol. The summed E-state index contributed by atoms with van der Waals surface area (Å²) in [5.41, 5.74) is 2.82. The minimum atomic E-state index is 0.0202. The molecule has 1 aliphatic rings. The van der Waals surface area contributed by atoms with E-state index in [4.69, 9.17) is 16.3 Å². The number of benzene rings is 1. The lowest BCUT2D eigenvalue weighted by atomic mass is 10.1. The van der Waals surface area contributed by atoms with Crippen molar-refractivity contribution in [1.29, 1.82) is 0 Å². The summed E-state index contributed by atoms with van der Waals surface area (Å²) in [4.78, 5) is 27.5. The van der Waals surface area contributed by atoms with Gasteiger partial charge in [0.25, 0.3) is 0 Å². The van der Waals surface area contributed by atoms with Crippen molar-refractivity contribution in [1.82, 2.24) is 19.9 Å². The van der Waals surface area contributed by atoms with Gasteiger partial charge in [0.2, 0.25) is 11.8 Å². The number of fused-ring (bicyclic) bond motifs is 1. The number of likely N-dealkylation sites (N-methyl/N-ethyl adjacent to an activating group) is 1. The van der Waals surface area contributed by atoms with Crippen LogP contribution in [0.2, 0.25) is 5.15 Å². The number of halogens is 1. The zero-order valence-electron chi connectivity index (χ0n) is 21.9. The molecule has 1 saturated carbocycles. The largest absolute Gasteiger partial charge is 0.476 e. The first kappa shape index (κ1) is 26.4. The van der Waals surface area contributed by atoms with Crippen molar-refractivity contribution >= 4 is 39.9 Å². The number of anilines is 2. The average Bonchev–Trinajstić information content (AvgIpc) is 3.78. The fourth-order valence-corrected chi connectivity index (χ4v) is 4.29. The molecule has 2 N–H and O–H groups in total. The van der Waals surface area contributed by atoms with Crippen LogP contribution in [0.15, 0.2) is 60.9 Å². The molecule has 5 rings (SSSR count). The van der Waals surface area contributed by atoms with Crippen molar-refractivity contribution in [3.8, 4) is 17.7 Å². The Morgan fingerprint density at radius 3 is 2.74 bits per heavy atom. The zero-order chi connectivity index (χ0) is 27.2. The summed E-state index contributed by atoms with van der Waals surface area (Å²) in [6, 6.07) is 15.4. The van der Waals surface area contributed by atoms with Crippen molar-refractivity contribution in [2.45, 2.75) is 19.4 Å². The van der Waals surface area contributed by atoms with Gasteiger partial charge >= 0.3 is 0 Å². The van der Waals surface area contributed by atoms with Gasteiger partial charge in [-0.1, -0.05) is 41.6 Å². The lowest BCUT2D eigenvalue weighted by molar-refractivity contribution is -0.117. The Morgan fingerprint density at radius 2 is 1.95 bits per heavy atom. The summed E-state index contributed by atoms with van der Waals surface area (Å²) in [5.74, 6) is 8.43. The van der Waals surface area contributed by atoms with Crippen LogP contribution in [0.5, 0.6) is 5.88 Å². The second-order valence-electron chi connectivity index (χ2n) is 9.48. The van der Waals surface area contributed by atoms with E-state index in [-0.39, 0.29) is 11.8 Å². The highest BCUT2D eigenvalue weighted by molar-refractivity contribution is 6.29. The van der Waals surface area contributed by atoms with Crippen LogP contribution in [-0.2, 0) is 11.3 Å². The maximum absolute atomic E-state index is 12.3. The Morgan fingerprint density at radius 1 is 1.10 bits per heavy atom. The molecular formula is C30H29ClN6O2. The predicted octanol–water partition coefficient (Wildman–Crippen LogP) is 4.98. The van der Waals surface area contributed by atoms with Crippen LogP contribution in [0, 0.1) is 17.8 Å². The fourth-order valence-electron chi connectivity index (χ4n) is 4.13. The Bertz CT molecular complexity index is 1560. The van der Waals surface area contributed by atoms with Gasteiger partial charge in [-0.2, -0.15) is 0 Å². The quantitative estimate of drug-likeness (QED) is 0.228. The van der Waals surface area contributed by atoms with Crippen molar-refractivity contribution in [3.63, 3.8) is 0 Å². The van der Waals surface area contributed by atoms with Gasteiger partial charge in [0.1, 0.15) is 23.4 Å². The van der Waals surface area contributed by atoms with E-state index in [9.17, 15) is 4.79 Å². The van der Waals surface area contributed by atoms with Crippen LogP contribution in [0.1, 0.15) is 29.5 Å². The molecule has 1 aromatic carbocycles. The molecule has 9 heteroatoms. The van der Waals surface area contributed by atoms with Crippen molar-refractivity contribution in [2.75, 3.05) is 37.9 Å². The lowest BCUT2D eigenvalue weighted by Gasteiger charge is -2.17. The topological polar surface area (TPSA) is 92.3 Å². The Labute approximate surface area is 232 Å². The van der Waals surface area contributed by atoms with E-state index in [0.717, 1.165) is 53.4 Å². The van der Waals surface area contributed by atoms with E-state index in [1.807, 2.05) is 38.4 Å². The highest BCUT2D eigenvalue weighted by Gasteiger charge is 2.29. The Kier molecular flexibility index (Phi) is 8.21. The Balaban J connectivity index is 1.28. The maximum Gasteiger partial charge on any atom is 0.228 e. The van der Waals surface area contributed by atoms with E-state index in [2.05, 4.69) is 54.5 Å². The van der Waals surface area contributed by atoms with Crippen LogP contribution in [0.4, 0.5) is 11.6 Å². The minimum absolute atomic E-state index is 0.0202. The zero-order valence-corrected chi connectivity index (χ0v) is 22.6. The van der Waals surface area contributed by atoms with E-state index in [0.29, 0.717) is 29.3 Å². The molecular weight excluding hydrogens is 512 g/mol. The maximum atomic E-state index is 12.3. The van der Waals surface area contributed by atoms with E-state index in [1.54, 1.807) is 24.5 Å². The number of amides is 1. The van der Waals surface area contributed by atoms with Crippen molar-refractivity contribution < 1.29 is 9.53 Å². The third-order valence-corrected chi connectivity index (χ3v) is 6.55. The first-order valence-electron chi connectivity index (χ1n) is 12.8. The van der Waals surface area contributed by atoms with Gasteiger partial charge < -0.3 is 15.4 Å². The van der Waals surface area contributed by atoms with Crippen LogP contribution < -0.4 is 15.4 Å². The van der Waals surface area contributed by atoms with Crippen molar-refractivity contribution in [3.05, 3.63) is 82.8 Å². The third-order valence-electron chi connectivity index (χ3n) is 6.34. The molecule has 1 aliphatic carbocycles. The molecule has 1 amide bonds. The van der Waals surface area contributed by atoms with Gasteiger partial charge in [-0.3, -0.25) is 9.69 Å². The normalized spacial score (nSPS) is 12.6. The number of nitrogens with one attached hydrogen (secondary N) is 2. The van der Waals surface area contributed by atoms with Gasteiger partial charge in [0.05, 0.1) is 5.56 Å². The highest BCUT2D eigenvalue weighted by atomic mass is 35.5. The molecule has 4 aromatic rings. The summed E-state index contributed by atoms with van der Waals surface area (Å²) < 4.78 is 5.70. The summed E-state index contributed by atoms with van der Waals surface area (Å²) in [6.07, 6.45) is 5.35. The molecule has 0 bridgehead atoms. The molecule has 0 atom stereocenters. The Hall–Kier alpha value is -4.19. The fraction of sp³-hybridized carbons (Fsp3) is 0.267. The number of rotatable bonds is 9. The summed E-state index contributed by atoms with van der Waals surface area (Å²) in [5, 5.41) is 8.17. The summed E-state index contributed by atoms with van der Waals surface area (Å²) in [7, 11) is 3.86. The number of hydrogen-bond donors (Lipinski definition) is 2. The van der Waals surface area contributed by atoms with Crippen molar-refractivity contribution in [2.24, 2.45) is 5.92 Å². The van der Waals surface area contributed by atoms with Crippen LogP contribution in [0.25, 0.3) is 10.8 Å². The highest BCUT2D eigenvalue weighted by Crippen LogP contribution is 2.31. The number of nitrogens with zero attached hydrogens (tertiary/aromatic N) is 4. The van der Waals surface area contributed by atoms with Gasteiger partial charge in [0, 0.05) is 60.9 Å². The molecule has 1 fully saturated rings. The van der Waals surface area contributed by atoms with Gasteiger partial charge in [0.15, 0.2) is 0 Å². The van der Waals surface area contributed by atoms with Crippen LogP contribution in [0.3, 0.4) is 0 Å². The third kappa shape index (κ3) is 7.02. The molecule has 198 valence electrons. The van der Waals surface area contributed by atoms with E-state index in [1.165, 1.54) is 0 Å². The van der Waals surface area contributed by atoms with E-state index >= 15 is 0 Å². The monoisotopic (exact) mass is 540 g/mol. The summed E-state index contributed by atoms with van der Waals surface area (Å²) >= 11 is 5.92. The number of carbonyl (C=O) groups excluding carboxylic acids is 1. The number of hydrogen-bond acceptors (Lipinski definition) is 7. The SMILES string of the molecule is CNc1ncc(C#Cc2cccc(CN(C)CCOc3cccc(Cl)n3)c2)c2cc(NC(=O)C3CC3)ncc12. The molecule has 0 aliphatic heterocycles. The average molecular weight is 541 g/mol. The first-order valence-corrected chi connectivity index (χ1v) is 13.2. The van der Waals surface area contributed by atoms with E-state index < -0.39 is 0 Å². The van der Waals surface area contributed by atoms with Gasteiger partial charge in [-0.05, 0) is 49.7 Å². The molecule has 3 aromatic heterocycles. The molecule has 3 heterocycles. The van der Waals surface area contributed by atoms with Crippen LogP contribution in [-0.4, -0.2) is 53.0 Å². The number of ether oxygens (including phenoxy) is 1. The van der Waals surface area contributed by atoms with Gasteiger partial charge in [-0.15, -0.1) is 0 Å². The second-order valence-corrected chi connectivity index (χ2v) is 9.87. The molecule has 0 radical (unpaired) electrons. The number of aromatic nitrogens is 3. The van der Waals surface area contributed by atoms with Crippen LogP contribution >= 0.6 is 11.6 Å².